The van der Waals surface area contributed by atoms with E-state index in [9.17, 15) is 9.18 Å². The molecule has 1 amide bonds. The number of nitrogens with one attached hydrogen (secondary N) is 1. The molecule has 0 fully saturated rings. The topological polar surface area (TPSA) is 59.9 Å². The number of rotatable bonds is 7. The molecular formula is C23H20ClFN2O3. The average molecular weight is 427 g/mol. The third-order valence-corrected chi connectivity index (χ3v) is 4.69. The van der Waals surface area contributed by atoms with E-state index in [1.807, 2.05) is 6.92 Å². The summed E-state index contributed by atoms with van der Waals surface area (Å²) in [6.45, 7) is 2.07. The molecule has 0 bridgehead atoms. The first-order valence-corrected chi connectivity index (χ1v) is 9.49. The Balaban J connectivity index is 1.63. The quantitative estimate of drug-likeness (QED) is 0.420. The number of hydrogen-bond donors (Lipinski definition) is 1. The van der Waals surface area contributed by atoms with Crippen LogP contribution in [0.4, 0.5) is 4.39 Å². The molecule has 0 unspecified atom stereocenters. The molecule has 7 heteroatoms. The van der Waals surface area contributed by atoms with Gasteiger partial charge in [0.25, 0.3) is 5.91 Å². The summed E-state index contributed by atoms with van der Waals surface area (Å²) >= 11 is 6.05. The molecule has 0 atom stereocenters. The second-order valence-electron chi connectivity index (χ2n) is 6.49. The van der Waals surface area contributed by atoms with Gasteiger partial charge in [-0.1, -0.05) is 29.8 Å². The highest BCUT2D eigenvalue weighted by atomic mass is 35.5. The van der Waals surface area contributed by atoms with Crippen LogP contribution >= 0.6 is 11.6 Å². The molecule has 30 heavy (non-hydrogen) atoms. The van der Waals surface area contributed by atoms with Gasteiger partial charge in [0.15, 0.2) is 11.5 Å². The van der Waals surface area contributed by atoms with Crippen LogP contribution in [0.2, 0.25) is 5.02 Å². The van der Waals surface area contributed by atoms with Gasteiger partial charge in [-0.05, 0) is 66.1 Å². The van der Waals surface area contributed by atoms with E-state index in [2.05, 4.69) is 10.5 Å². The first kappa shape index (κ1) is 21.3. The van der Waals surface area contributed by atoms with Crippen molar-refractivity contribution in [3.63, 3.8) is 0 Å². The molecule has 0 aliphatic carbocycles. The van der Waals surface area contributed by atoms with Crippen LogP contribution in [0.1, 0.15) is 27.0 Å². The van der Waals surface area contributed by atoms with Gasteiger partial charge in [0.1, 0.15) is 12.4 Å². The van der Waals surface area contributed by atoms with E-state index in [0.717, 1.165) is 5.56 Å². The zero-order chi connectivity index (χ0) is 21.5. The van der Waals surface area contributed by atoms with E-state index in [1.165, 1.54) is 25.5 Å². The number of halogens is 2. The molecular weight excluding hydrogens is 407 g/mol. The molecule has 0 aliphatic heterocycles. The summed E-state index contributed by atoms with van der Waals surface area (Å²) in [7, 11) is 1.52. The van der Waals surface area contributed by atoms with Crippen molar-refractivity contribution in [2.24, 2.45) is 5.10 Å². The minimum atomic E-state index is -0.366. The zero-order valence-electron chi connectivity index (χ0n) is 16.5. The van der Waals surface area contributed by atoms with Crippen LogP contribution in [0, 0.1) is 12.7 Å². The van der Waals surface area contributed by atoms with Crippen LogP contribution in [0.15, 0.2) is 65.8 Å². The van der Waals surface area contributed by atoms with Crippen LogP contribution in [0.25, 0.3) is 0 Å². The Bertz CT molecular complexity index is 1090. The molecule has 0 spiro atoms. The Hall–Kier alpha value is -3.38. The summed E-state index contributed by atoms with van der Waals surface area (Å²) in [5.41, 5.74) is 5.18. The number of nitrogens with zero attached hydrogens (tertiary/aromatic N) is 1. The van der Waals surface area contributed by atoms with E-state index >= 15 is 0 Å². The molecule has 0 aromatic heterocycles. The molecule has 3 aromatic carbocycles. The molecule has 3 aromatic rings. The average Bonchev–Trinajstić information content (AvgIpc) is 2.74. The lowest BCUT2D eigenvalue weighted by Gasteiger charge is -2.11. The highest BCUT2D eigenvalue weighted by Gasteiger charge is 2.08. The summed E-state index contributed by atoms with van der Waals surface area (Å²) in [6.07, 6.45) is 1.49. The Kier molecular flexibility index (Phi) is 7.03. The summed E-state index contributed by atoms with van der Waals surface area (Å²) < 4.78 is 24.4. The third kappa shape index (κ3) is 5.58. The number of carbonyl (C=O) groups is 1. The minimum Gasteiger partial charge on any atom is -0.493 e. The maximum atomic E-state index is 13.3. The monoisotopic (exact) mass is 426 g/mol. The van der Waals surface area contributed by atoms with Crippen molar-refractivity contribution in [3.8, 4) is 11.5 Å². The Labute approximate surface area is 179 Å². The predicted octanol–water partition coefficient (Wildman–Crippen LogP) is 5.14. The summed E-state index contributed by atoms with van der Waals surface area (Å²) in [6, 6.07) is 16.5. The van der Waals surface area contributed by atoms with Crippen LogP contribution in [-0.2, 0) is 6.61 Å². The highest BCUT2D eigenvalue weighted by Crippen LogP contribution is 2.28. The summed E-state index contributed by atoms with van der Waals surface area (Å²) in [4.78, 5) is 12.2. The number of benzene rings is 3. The van der Waals surface area contributed by atoms with Crippen LogP contribution in [0.3, 0.4) is 0 Å². The van der Waals surface area contributed by atoms with E-state index in [-0.39, 0.29) is 18.3 Å². The number of ether oxygens (including phenoxy) is 2. The van der Waals surface area contributed by atoms with Crippen molar-refractivity contribution in [1.82, 2.24) is 5.43 Å². The molecule has 0 saturated carbocycles. The zero-order valence-corrected chi connectivity index (χ0v) is 17.2. The maximum absolute atomic E-state index is 13.3. The van der Waals surface area contributed by atoms with Gasteiger partial charge >= 0.3 is 0 Å². The van der Waals surface area contributed by atoms with Crippen molar-refractivity contribution in [2.45, 2.75) is 13.5 Å². The number of methoxy groups -OCH3 is 1. The van der Waals surface area contributed by atoms with Gasteiger partial charge in [0, 0.05) is 10.6 Å². The molecule has 3 rings (SSSR count). The van der Waals surface area contributed by atoms with Crippen LogP contribution in [0.5, 0.6) is 11.5 Å². The lowest BCUT2D eigenvalue weighted by atomic mass is 10.1. The van der Waals surface area contributed by atoms with Gasteiger partial charge in [-0.25, -0.2) is 9.82 Å². The molecule has 0 radical (unpaired) electrons. The third-order valence-electron chi connectivity index (χ3n) is 4.28. The summed E-state index contributed by atoms with van der Waals surface area (Å²) in [5.74, 6) is 0.323. The molecule has 0 heterocycles. The van der Waals surface area contributed by atoms with Crippen LogP contribution < -0.4 is 14.9 Å². The van der Waals surface area contributed by atoms with Gasteiger partial charge < -0.3 is 9.47 Å². The Morgan fingerprint density at radius 3 is 2.70 bits per heavy atom. The van der Waals surface area contributed by atoms with E-state index < -0.39 is 0 Å². The fraction of sp³-hybridized carbons (Fsp3) is 0.130. The van der Waals surface area contributed by atoms with Gasteiger partial charge in [-0.3, -0.25) is 4.79 Å². The molecule has 0 aliphatic rings. The van der Waals surface area contributed by atoms with E-state index in [1.54, 1.807) is 48.5 Å². The molecule has 5 nitrogen and oxygen atoms in total. The predicted molar refractivity (Wildman–Crippen MR) is 115 cm³/mol. The van der Waals surface area contributed by atoms with Gasteiger partial charge in [-0.2, -0.15) is 5.10 Å². The second kappa shape index (κ2) is 9.89. The van der Waals surface area contributed by atoms with Gasteiger partial charge in [-0.15, -0.1) is 0 Å². The molecule has 1 N–H and O–H groups in total. The smallest absolute Gasteiger partial charge is 0.271 e. The van der Waals surface area contributed by atoms with E-state index in [4.69, 9.17) is 21.1 Å². The highest BCUT2D eigenvalue weighted by molar-refractivity contribution is 6.31. The van der Waals surface area contributed by atoms with Gasteiger partial charge in [0.05, 0.1) is 13.3 Å². The first-order chi connectivity index (χ1) is 14.5. The molecule has 154 valence electrons. The fourth-order valence-corrected chi connectivity index (χ4v) is 2.82. The second-order valence-corrected chi connectivity index (χ2v) is 6.90. The lowest BCUT2D eigenvalue weighted by molar-refractivity contribution is 0.0955. The Morgan fingerprint density at radius 2 is 1.97 bits per heavy atom. The number of aryl methyl sites for hydroxylation is 1. The molecule has 0 saturated heterocycles. The standard InChI is InChI=1S/C23H20ClFN2O3/c1-15-6-8-18(12-20(15)24)23(28)27-26-13-16-7-9-21(22(11-16)29-2)30-14-17-4-3-5-19(25)10-17/h3-13H,14H2,1-2H3,(H,27,28)/b26-13-. The normalized spacial score (nSPS) is 10.8. The van der Waals surface area contributed by atoms with Gasteiger partial charge in [0.2, 0.25) is 0 Å². The SMILES string of the molecule is COc1cc(/C=N\NC(=O)c2ccc(C)c(Cl)c2)ccc1OCc1cccc(F)c1. The summed E-state index contributed by atoms with van der Waals surface area (Å²) in [5, 5.41) is 4.49. The Morgan fingerprint density at radius 1 is 1.13 bits per heavy atom. The minimum absolute atomic E-state index is 0.205. The first-order valence-electron chi connectivity index (χ1n) is 9.11. The number of carbonyl (C=O) groups excluding carboxylic acids is 1. The number of hydrogen-bond acceptors (Lipinski definition) is 4. The number of amides is 1. The maximum Gasteiger partial charge on any atom is 0.271 e. The lowest BCUT2D eigenvalue weighted by Crippen LogP contribution is -2.17. The van der Waals surface area contributed by atoms with Crippen LogP contribution in [-0.4, -0.2) is 19.2 Å². The van der Waals surface area contributed by atoms with Crippen molar-refractivity contribution in [3.05, 3.63) is 93.8 Å². The van der Waals surface area contributed by atoms with Crippen molar-refractivity contribution in [1.29, 1.82) is 0 Å². The van der Waals surface area contributed by atoms with Crippen molar-refractivity contribution >= 4 is 23.7 Å². The van der Waals surface area contributed by atoms with E-state index in [0.29, 0.717) is 33.2 Å². The van der Waals surface area contributed by atoms with Crippen molar-refractivity contribution < 1.29 is 18.7 Å². The number of hydrazone groups is 1. The largest absolute Gasteiger partial charge is 0.493 e. The fourth-order valence-electron chi connectivity index (χ4n) is 2.64. The van der Waals surface area contributed by atoms with Crippen molar-refractivity contribution in [2.75, 3.05) is 7.11 Å².